The van der Waals surface area contributed by atoms with Gasteiger partial charge in [-0.2, -0.15) is 0 Å². The molecule has 1 aromatic heterocycles. The molecule has 4 heteroatoms. The van der Waals surface area contributed by atoms with Crippen LogP contribution in [0, 0.1) is 0 Å². The van der Waals surface area contributed by atoms with E-state index in [0.29, 0.717) is 5.92 Å². The minimum Gasteiger partial charge on any atom is -0.311 e. The molecule has 0 saturated carbocycles. The average molecular weight is 817 g/mol. The summed E-state index contributed by atoms with van der Waals surface area (Å²) in [5.74, 6) is 0.465. The average Bonchev–Trinajstić information content (AvgIpc) is 3.88. The van der Waals surface area contributed by atoms with E-state index in [1.807, 2.05) is 11.3 Å². The molecule has 0 saturated heterocycles. The Labute approximate surface area is 369 Å². The van der Waals surface area contributed by atoms with E-state index in [0.717, 1.165) is 19.3 Å². The third kappa shape index (κ3) is 6.42. The van der Waals surface area contributed by atoms with Gasteiger partial charge in [0.1, 0.15) is 0 Å². The van der Waals surface area contributed by atoms with Gasteiger partial charge >= 0.3 is 0 Å². The van der Waals surface area contributed by atoms with Gasteiger partial charge in [-0.3, -0.25) is 0 Å². The number of anilines is 6. The van der Waals surface area contributed by atoms with Crippen LogP contribution in [0.2, 0.25) is 0 Å². The zero-order valence-electron chi connectivity index (χ0n) is 38.3. The number of benzene rings is 6. The van der Waals surface area contributed by atoms with Crippen LogP contribution < -0.4 is 25.5 Å². The molecule has 1 aliphatic carbocycles. The normalized spacial score (nSPS) is 14.7. The number of rotatable bonds is 6. The zero-order valence-corrected chi connectivity index (χ0v) is 39.1. The molecule has 0 N–H and O–H groups in total. The van der Waals surface area contributed by atoms with Gasteiger partial charge in [-0.1, -0.05) is 137 Å². The van der Waals surface area contributed by atoms with Crippen LogP contribution in [0.5, 0.6) is 0 Å². The summed E-state index contributed by atoms with van der Waals surface area (Å²) < 4.78 is 2.79. The maximum Gasteiger partial charge on any atom is 0.264 e. The molecule has 0 atom stereocenters. The second kappa shape index (κ2) is 14.2. The SMILES string of the molecule is CCC(C)(C)c1ccc2c(c1)B1c3sc4ccc(C(C)(C)C)cc4c3N(c3ccc(C(C)C)cc3)c3cccc(c31)N2c1ccc(C(C)(C)C)cc1-c1cccc2c1CCC2. The molecule has 3 aliphatic rings. The summed E-state index contributed by atoms with van der Waals surface area (Å²) in [6, 6.07) is 45.8. The van der Waals surface area contributed by atoms with Crippen LogP contribution in [0.15, 0.2) is 115 Å². The minimum atomic E-state index is 0.0126. The molecular weight excluding hydrogens is 756 g/mol. The van der Waals surface area contributed by atoms with Gasteiger partial charge in [0.25, 0.3) is 6.71 Å². The lowest BCUT2D eigenvalue weighted by molar-refractivity contribution is 0.506. The van der Waals surface area contributed by atoms with Crippen molar-refractivity contribution in [2.75, 3.05) is 9.80 Å². The molecule has 308 valence electrons. The first kappa shape index (κ1) is 40.0. The van der Waals surface area contributed by atoms with Crippen LogP contribution in [0.1, 0.15) is 128 Å². The standard InChI is InChI=1S/C57H61BN2S/c1-12-57(10,11)40-25-30-48-46(34-40)58-52-49(59(41-27-22-36(23-28-41)35(2)3)53-45-33-39(56(7,8)9)26-31-51(45)61-54(53)58)20-15-21-50(52)60(48)47-29-24-38(55(4,5)6)32-44(47)43-19-14-17-37-16-13-18-42(37)43/h14-15,17,19-35H,12-13,16,18H2,1-11H3. The van der Waals surface area contributed by atoms with Gasteiger partial charge in [-0.15, -0.1) is 11.3 Å². The lowest BCUT2D eigenvalue weighted by atomic mass is 9.36. The number of fused-ring (bicyclic) bond motifs is 7. The van der Waals surface area contributed by atoms with Gasteiger partial charge in [0.05, 0.1) is 11.4 Å². The number of hydrogen-bond donors (Lipinski definition) is 0. The maximum absolute atomic E-state index is 2.65. The Morgan fingerprint density at radius 3 is 1.98 bits per heavy atom. The van der Waals surface area contributed by atoms with E-state index >= 15 is 0 Å². The Morgan fingerprint density at radius 2 is 1.28 bits per heavy atom. The Bertz CT molecular complexity index is 2860. The van der Waals surface area contributed by atoms with Crippen LogP contribution in [-0.4, -0.2) is 6.71 Å². The Morgan fingerprint density at radius 1 is 0.623 bits per heavy atom. The first-order valence-electron chi connectivity index (χ1n) is 22.9. The predicted molar refractivity (Wildman–Crippen MR) is 268 cm³/mol. The van der Waals surface area contributed by atoms with Crippen molar-refractivity contribution in [3.8, 4) is 11.1 Å². The summed E-state index contributed by atoms with van der Waals surface area (Å²) in [5.41, 5.74) is 21.8. The molecule has 0 amide bonds. The Hall–Kier alpha value is -5.06. The lowest BCUT2D eigenvalue weighted by Gasteiger charge is -2.44. The van der Waals surface area contributed by atoms with Gasteiger partial charge in [-0.25, -0.2) is 0 Å². The number of thiophene rings is 1. The second-order valence-electron chi connectivity index (χ2n) is 21.1. The van der Waals surface area contributed by atoms with Crippen molar-refractivity contribution in [3.05, 3.63) is 149 Å². The highest BCUT2D eigenvalue weighted by Gasteiger charge is 2.46. The van der Waals surface area contributed by atoms with Crippen LogP contribution >= 0.6 is 11.3 Å². The molecule has 2 aliphatic heterocycles. The van der Waals surface area contributed by atoms with E-state index in [9.17, 15) is 0 Å². The highest BCUT2D eigenvalue weighted by Crippen LogP contribution is 2.51. The molecule has 2 nitrogen and oxygen atoms in total. The fourth-order valence-corrected chi connectivity index (χ4v) is 11.6. The molecule has 3 heterocycles. The molecule has 0 radical (unpaired) electrons. The molecule has 0 spiro atoms. The zero-order chi connectivity index (χ0) is 42.7. The maximum atomic E-state index is 2.65. The highest BCUT2D eigenvalue weighted by atomic mass is 32.1. The smallest absolute Gasteiger partial charge is 0.264 e. The Balaban J connectivity index is 1.31. The van der Waals surface area contributed by atoms with Gasteiger partial charge < -0.3 is 9.80 Å². The first-order chi connectivity index (χ1) is 29.0. The molecule has 6 aromatic carbocycles. The van der Waals surface area contributed by atoms with Crippen molar-refractivity contribution >= 4 is 78.0 Å². The topological polar surface area (TPSA) is 6.48 Å². The molecule has 61 heavy (non-hydrogen) atoms. The number of aryl methyl sites for hydroxylation is 1. The fourth-order valence-electron chi connectivity index (χ4n) is 10.3. The van der Waals surface area contributed by atoms with Gasteiger partial charge in [0, 0.05) is 43.2 Å². The highest BCUT2D eigenvalue weighted by molar-refractivity contribution is 7.33. The van der Waals surface area contributed by atoms with Crippen molar-refractivity contribution in [1.29, 1.82) is 0 Å². The van der Waals surface area contributed by atoms with E-state index in [1.54, 1.807) is 0 Å². The van der Waals surface area contributed by atoms with E-state index < -0.39 is 0 Å². The van der Waals surface area contributed by atoms with Crippen LogP contribution in [0.3, 0.4) is 0 Å². The summed E-state index contributed by atoms with van der Waals surface area (Å²) in [7, 11) is 0. The van der Waals surface area contributed by atoms with Crippen LogP contribution in [0.25, 0.3) is 21.2 Å². The molecular formula is C57H61BN2S. The molecule has 0 bridgehead atoms. The van der Waals surface area contributed by atoms with Crippen molar-refractivity contribution in [3.63, 3.8) is 0 Å². The van der Waals surface area contributed by atoms with Crippen molar-refractivity contribution < 1.29 is 0 Å². The van der Waals surface area contributed by atoms with Crippen molar-refractivity contribution in [2.24, 2.45) is 0 Å². The summed E-state index contributed by atoms with van der Waals surface area (Å²) in [6.45, 7) is 25.9. The largest absolute Gasteiger partial charge is 0.311 e. The van der Waals surface area contributed by atoms with Crippen LogP contribution in [0.4, 0.5) is 34.1 Å². The summed E-state index contributed by atoms with van der Waals surface area (Å²) in [6.07, 6.45) is 4.59. The molecule has 7 aromatic rings. The molecule has 0 fully saturated rings. The first-order valence-corrected chi connectivity index (χ1v) is 23.7. The summed E-state index contributed by atoms with van der Waals surface area (Å²) >= 11 is 2.00. The molecule has 10 rings (SSSR count). The summed E-state index contributed by atoms with van der Waals surface area (Å²) in [5, 5.41) is 1.35. The number of nitrogens with zero attached hydrogens (tertiary/aromatic N) is 2. The van der Waals surface area contributed by atoms with E-state index in [4.69, 9.17) is 0 Å². The van der Waals surface area contributed by atoms with Gasteiger partial charge in [-0.05, 0) is 152 Å². The third-order valence-electron chi connectivity index (χ3n) is 14.5. The lowest BCUT2D eigenvalue weighted by Crippen LogP contribution is -2.60. The molecule has 0 unspecified atom stereocenters. The third-order valence-corrected chi connectivity index (χ3v) is 15.7. The van der Waals surface area contributed by atoms with Crippen molar-refractivity contribution in [1.82, 2.24) is 0 Å². The fraction of sp³-hybridized carbons (Fsp3) is 0.333. The minimum absolute atomic E-state index is 0.0126. The Kier molecular flexibility index (Phi) is 9.35. The second-order valence-corrected chi connectivity index (χ2v) is 22.2. The van der Waals surface area contributed by atoms with E-state index in [2.05, 4.69) is 201 Å². The van der Waals surface area contributed by atoms with Crippen LogP contribution in [-0.2, 0) is 29.1 Å². The van der Waals surface area contributed by atoms with Gasteiger partial charge in [0.2, 0.25) is 0 Å². The van der Waals surface area contributed by atoms with E-state index in [1.165, 1.54) is 111 Å². The quantitative estimate of drug-likeness (QED) is 0.154. The van der Waals surface area contributed by atoms with Crippen molar-refractivity contribution in [2.45, 2.75) is 124 Å². The number of hydrogen-bond acceptors (Lipinski definition) is 3. The van der Waals surface area contributed by atoms with E-state index in [-0.39, 0.29) is 23.0 Å². The summed E-state index contributed by atoms with van der Waals surface area (Å²) in [4.78, 5) is 5.27. The monoisotopic (exact) mass is 816 g/mol. The predicted octanol–water partition coefficient (Wildman–Crippen LogP) is 14.5. The van der Waals surface area contributed by atoms with Gasteiger partial charge in [0.15, 0.2) is 0 Å².